The Balaban J connectivity index is 5.04. The highest BCUT2D eigenvalue weighted by Gasteiger charge is 2.38. The van der Waals surface area contributed by atoms with Crippen molar-refractivity contribution in [3.05, 3.63) is 0 Å². The summed E-state index contributed by atoms with van der Waals surface area (Å²) in [6.07, 6.45) is 0. The molecule has 0 aromatic heterocycles. The monoisotopic (exact) mass is 468 g/mol. The summed E-state index contributed by atoms with van der Waals surface area (Å²) in [4.78, 5) is 0. The van der Waals surface area contributed by atoms with Crippen LogP contribution in [0.4, 0.5) is 0 Å². The zero-order chi connectivity index (χ0) is 21.0. The summed E-state index contributed by atoms with van der Waals surface area (Å²) in [5, 5.41) is 0.0467. The lowest BCUT2D eigenvalue weighted by atomic mass is 10.3. The van der Waals surface area contributed by atoms with Crippen molar-refractivity contribution in [3.8, 4) is 0 Å². The molecule has 0 saturated heterocycles. The normalized spacial score (nSPS) is 19.7. The van der Waals surface area contributed by atoms with Gasteiger partial charge in [-0.25, -0.2) is 4.57 Å². The third-order valence-electron chi connectivity index (χ3n) is 3.00. The zero-order valence-electron chi connectivity index (χ0n) is 17.2. The van der Waals surface area contributed by atoms with Crippen LogP contribution in [0, 0.1) is 0 Å². The molecule has 0 rings (SSSR count). The molecule has 11 heteroatoms. The summed E-state index contributed by atoms with van der Waals surface area (Å²) in [5.74, 6) is -0.532. The summed E-state index contributed by atoms with van der Waals surface area (Å²) in [5.41, 5.74) is 0. The number of rotatable bonds is 9. The van der Waals surface area contributed by atoms with Crippen LogP contribution in [0.5, 0.6) is 0 Å². The maximum atomic E-state index is 13.0. The van der Waals surface area contributed by atoms with Crippen LogP contribution in [-0.4, -0.2) is 44.9 Å². The van der Waals surface area contributed by atoms with Crippen molar-refractivity contribution < 1.29 is 27.3 Å². The zero-order valence-corrected chi connectivity index (χ0v) is 21.3. The summed E-state index contributed by atoms with van der Waals surface area (Å²) in [6.45, 7) is 12.4. The number of hydrogen-bond donors (Lipinski definition) is 0. The van der Waals surface area contributed by atoms with E-state index in [9.17, 15) is 18.2 Å². The van der Waals surface area contributed by atoms with Crippen LogP contribution in [0.15, 0.2) is 0 Å². The lowest BCUT2D eigenvalue weighted by molar-refractivity contribution is 0.266. The SMILES string of the molecule is CC(C)(C)[S+]([O-])COP(=O)(OC[S+]([O-])C(C)(C)C)SC[S+]([O-])C(C)(C)C. The molecule has 0 N–H and O–H groups in total. The Morgan fingerprint density at radius 2 is 1.04 bits per heavy atom. The largest absolute Gasteiger partial charge is 0.615 e. The van der Waals surface area contributed by atoms with Crippen molar-refractivity contribution in [3.63, 3.8) is 0 Å². The molecule has 158 valence electrons. The molecule has 0 aromatic rings. The fourth-order valence-electron chi connectivity index (χ4n) is 0.979. The van der Waals surface area contributed by atoms with Gasteiger partial charge >= 0.3 is 6.80 Å². The van der Waals surface area contributed by atoms with Crippen LogP contribution in [0.25, 0.3) is 0 Å². The van der Waals surface area contributed by atoms with Crippen LogP contribution >= 0.6 is 18.2 Å². The minimum atomic E-state index is -3.75. The van der Waals surface area contributed by atoms with Gasteiger partial charge in [-0.1, -0.05) is 0 Å². The lowest BCUT2D eigenvalue weighted by Crippen LogP contribution is -2.32. The Labute approximate surface area is 172 Å². The van der Waals surface area contributed by atoms with Gasteiger partial charge in [0.2, 0.25) is 11.9 Å². The molecule has 26 heavy (non-hydrogen) atoms. The average Bonchev–Trinajstić information content (AvgIpc) is 2.45. The van der Waals surface area contributed by atoms with E-state index in [1.165, 1.54) is 0 Å². The molecule has 0 aromatic carbocycles. The van der Waals surface area contributed by atoms with Crippen LogP contribution in [0.2, 0.25) is 0 Å². The summed E-state index contributed by atoms with van der Waals surface area (Å²) in [6, 6.07) is 0. The first-order chi connectivity index (χ1) is 11.4. The van der Waals surface area contributed by atoms with Crippen molar-refractivity contribution in [1.29, 1.82) is 0 Å². The first-order valence-electron chi connectivity index (χ1n) is 8.07. The van der Waals surface area contributed by atoms with Gasteiger partial charge in [0.25, 0.3) is 0 Å². The topological polar surface area (TPSA) is 105 Å². The smallest absolute Gasteiger partial charge is 0.401 e. The predicted molar refractivity (Wildman–Crippen MR) is 116 cm³/mol. The maximum Gasteiger partial charge on any atom is 0.401 e. The fourth-order valence-corrected chi connectivity index (χ4v) is 9.27. The second-order valence-corrected chi connectivity index (χ2v) is 19.5. The van der Waals surface area contributed by atoms with E-state index < -0.39 is 54.6 Å². The van der Waals surface area contributed by atoms with Gasteiger partial charge in [0.05, 0.1) is 0 Å². The molecular formula is C15H33O6PS4. The van der Waals surface area contributed by atoms with Gasteiger partial charge in [0.15, 0.2) is 5.08 Å². The van der Waals surface area contributed by atoms with E-state index in [0.717, 1.165) is 11.4 Å². The van der Waals surface area contributed by atoms with Gasteiger partial charge in [0, 0.05) is 11.4 Å². The van der Waals surface area contributed by atoms with E-state index in [4.69, 9.17) is 9.05 Å². The van der Waals surface area contributed by atoms with E-state index in [1.807, 2.05) is 20.8 Å². The highest BCUT2D eigenvalue weighted by molar-refractivity contribution is 8.57. The molecule has 0 heterocycles. The van der Waals surface area contributed by atoms with Crippen molar-refractivity contribution >= 4 is 51.7 Å². The molecule has 3 unspecified atom stereocenters. The Hall–Kier alpha value is 1.43. The van der Waals surface area contributed by atoms with Crippen molar-refractivity contribution in [1.82, 2.24) is 0 Å². The van der Waals surface area contributed by atoms with Gasteiger partial charge in [-0.3, -0.25) is 9.05 Å². The Kier molecular flexibility index (Phi) is 11.0. The highest BCUT2D eigenvalue weighted by Crippen LogP contribution is 2.62. The molecule has 0 bridgehead atoms. The van der Waals surface area contributed by atoms with Gasteiger partial charge in [-0.15, -0.1) is 0 Å². The van der Waals surface area contributed by atoms with Crippen LogP contribution < -0.4 is 0 Å². The summed E-state index contributed by atoms with van der Waals surface area (Å²) >= 11 is -3.23. The van der Waals surface area contributed by atoms with Crippen molar-refractivity contribution in [2.45, 2.75) is 76.6 Å². The summed E-state index contributed by atoms with van der Waals surface area (Å²) in [7, 11) is 0. The second kappa shape index (κ2) is 10.5. The molecule has 0 aliphatic heterocycles. The molecule has 0 radical (unpaired) electrons. The van der Waals surface area contributed by atoms with Gasteiger partial charge < -0.3 is 13.7 Å². The standard InChI is InChI=1S/C15H33O6PS4/c1-13(2,3)24(17)10-20-22(16,21-11-25(18)14(4,5)6)23-12-26(19)15(7,8)9/h10-12H2,1-9H3. The third-order valence-corrected chi connectivity index (χ3v) is 13.1. The molecule has 0 aliphatic rings. The lowest BCUT2D eigenvalue weighted by Gasteiger charge is -2.28. The van der Waals surface area contributed by atoms with E-state index in [-0.39, 0.29) is 17.0 Å². The molecule has 0 aliphatic carbocycles. The Morgan fingerprint density at radius 1 is 0.731 bits per heavy atom. The quantitative estimate of drug-likeness (QED) is 0.365. The van der Waals surface area contributed by atoms with Crippen LogP contribution in [0.3, 0.4) is 0 Å². The second-order valence-electron chi connectivity index (χ2n) is 8.56. The maximum absolute atomic E-state index is 13.0. The van der Waals surface area contributed by atoms with Crippen LogP contribution in [-0.2, 0) is 47.1 Å². The molecule has 0 spiro atoms. The molecule has 6 nitrogen and oxygen atoms in total. The number of hydrogen-bond acceptors (Lipinski definition) is 7. The van der Waals surface area contributed by atoms with Gasteiger partial charge in [-0.2, -0.15) is 0 Å². The predicted octanol–water partition coefficient (Wildman–Crippen LogP) is 4.38. The third kappa shape index (κ3) is 10.8. The fraction of sp³-hybridized carbons (Fsp3) is 1.00. The van der Waals surface area contributed by atoms with E-state index in [1.54, 1.807) is 41.5 Å². The highest BCUT2D eigenvalue weighted by atomic mass is 32.7. The summed E-state index contributed by atoms with van der Waals surface area (Å²) < 4.78 is 58.9. The molecule has 0 amide bonds. The van der Waals surface area contributed by atoms with E-state index >= 15 is 0 Å². The van der Waals surface area contributed by atoms with Gasteiger partial charge in [0.1, 0.15) is 14.2 Å². The molecular weight excluding hydrogens is 435 g/mol. The first-order valence-corrected chi connectivity index (χ1v) is 15.2. The van der Waals surface area contributed by atoms with Gasteiger partial charge in [-0.05, 0) is 95.8 Å². The molecule has 3 atom stereocenters. The van der Waals surface area contributed by atoms with Crippen molar-refractivity contribution in [2.75, 3.05) is 17.0 Å². The molecule has 0 fully saturated rings. The average molecular weight is 469 g/mol. The van der Waals surface area contributed by atoms with Crippen LogP contribution in [0.1, 0.15) is 62.3 Å². The van der Waals surface area contributed by atoms with Crippen molar-refractivity contribution in [2.24, 2.45) is 0 Å². The minimum Gasteiger partial charge on any atom is -0.615 e. The Morgan fingerprint density at radius 3 is 1.31 bits per heavy atom. The Bertz CT molecular complexity index is 406. The molecule has 0 saturated carbocycles. The minimum absolute atomic E-state index is 0.0467. The first kappa shape index (κ1) is 27.4. The van der Waals surface area contributed by atoms with E-state index in [0.29, 0.717) is 0 Å². The van der Waals surface area contributed by atoms with E-state index in [2.05, 4.69) is 0 Å².